The normalized spacial score (nSPS) is 34.2. The van der Waals surface area contributed by atoms with Gasteiger partial charge in [0.1, 0.15) is 0 Å². The summed E-state index contributed by atoms with van der Waals surface area (Å²) in [5.41, 5.74) is 0. The molecule has 2 aliphatic rings. The SMILES string of the molecule is CSC1CCCC1NC(=O)CC1CCCN1. The number of thioether (sulfide) groups is 1. The Balaban J connectivity index is 1.73. The summed E-state index contributed by atoms with van der Waals surface area (Å²) in [6.07, 6.45) is 8.87. The lowest BCUT2D eigenvalue weighted by atomic mass is 10.1. The van der Waals surface area contributed by atoms with Crippen molar-refractivity contribution in [1.82, 2.24) is 10.6 Å². The summed E-state index contributed by atoms with van der Waals surface area (Å²) in [4.78, 5) is 11.9. The van der Waals surface area contributed by atoms with Gasteiger partial charge in [-0.1, -0.05) is 6.42 Å². The van der Waals surface area contributed by atoms with Crippen molar-refractivity contribution in [3.63, 3.8) is 0 Å². The second-order valence-electron chi connectivity index (χ2n) is 4.88. The van der Waals surface area contributed by atoms with Crippen molar-refractivity contribution in [1.29, 1.82) is 0 Å². The third kappa shape index (κ3) is 3.14. The highest BCUT2D eigenvalue weighted by Gasteiger charge is 2.28. The Bertz CT molecular complexity index is 241. The lowest BCUT2D eigenvalue weighted by molar-refractivity contribution is -0.122. The van der Waals surface area contributed by atoms with Gasteiger partial charge in [0.25, 0.3) is 0 Å². The standard InChI is InChI=1S/C12H22N2OS/c1-16-11-6-2-5-10(11)14-12(15)8-9-4-3-7-13-9/h9-11,13H,2-8H2,1H3,(H,14,15). The van der Waals surface area contributed by atoms with Crippen LogP contribution in [0, 0.1) is 0 Å². The highest BCUT2D eigenvalue weighted by molar-refractivity contribution is 7.99. The molecule has 2 fully saturated rings. The number of carbonyl (C=O) groups excluding carboxylic acids is 1. The molecule has 92 valence electrons. The van der Waals surface area contributed by atoms with Crippen LogP contribution in [0.3, 0.4) is 0 Å². The first kappa shape index (κ1) is 12.2. The number of rotatable bonds is 4. The highest BCUT2D eigenvalue weighted by Crippen LogP contribution is 2.28. The van der Waals surface area contributed by atoms with Crippen LogP contribution in [0.15, 0.2) is 0 Å². The van der Waals surface area contributed by atoms with Gasteiger partial charge in [0.15, 0.2) is 0 Å². The summed E-state index contributed by atoms with van der Waals surface area (Å²) in [5.74, 6) is 0.241. The number of hydrogen-bond donors (Lipinski definition) is 2. The van der Waals surface area contributed by atoms with Gasteiger partial charge in [0.05, 0.1) is 0 Å². The van der Waals surface area contributed by atoms with E-state index in [0.29, 0.717) is 23.8 Å². The van der Waals surface area contributed by atoms with Gasteiger partial charge in [-0.3, -0.25) is 4.79 Å². The van der Waals surface area contributed by atoms with Crippen molar-refractivity contribution < 1.29 is 4.79 Å². The molecule has 1 saturated carbocycles. The molecular weight excluding hydrogens is 220 g/mol. The average Bonchev–Trinajstić information content (AvgIpc) is 2.88. The monoisotopic (exact) mass is 242 g/mol. The lowest BCUT2D eigenvalue weighted by Crippen LogP contribution is -2.41. The first-order chi connectivity index (χ1) is 7.79. The molecule has 2 rings (SSSR count). The van der Waals surface area contributed by atoms with Crippen LogP contribution in [0.1, 0.15) is 38.5 Å². The van der Waals surface area contributed by atoms with Gasteiger partial charge in [-0.2, -0.15) is 11.8 Å². The first-order valence-electron chi connectivity index (χ1n) is 6.35. The number of amides is 1. The minimum Gasteiger partial charge on any atom is -0.352 e. The van der Waals surface area contributed by atoms with Crippen LogP contribution in [-0.2, 0) is 4.79 Å². The second kappa shape index (κ2) is 5.92. The third-order valence-electron chi connectivity index (χ3n) is 3.70. The van der Waals surface area contributed by atoms with Crippen LogP contribution >= 0.6 is 11.8 Å². The summed E-state index contributed by atoms with van der Waals surface area (Å²) >= 11 is 1.89. The van der Waals surface area contributed by atoms with Crippen LogP contribution in [0.2, 0.25) is 0 Å². The quantitative estimate of drug-likeness (QED) is 0.785. The van der Waals surface area contributed by atoms with Crippen LogP contribution < -0.4 is 10.6 Å². The fourth-order valence-corrected chi connectivity index (χ4v) is 3.73. The Morgan fingerprint density at radius 1 is 1.38 bits per heavy atom. The zero-order valence-electron chi connectivity index (χ0n) is 10.00. The Morgan fingerprint density at radius 3 is 2.94 bits per heavy atom. The summed E-state index contributed by atoms with van der Waals surface area (Å²) in [6, 6.07) is 0.845. The molecule has 3 unspecified atom stereocenters. The van der Waals surface area contributed by atoms with Gasteiger partial charge in [-0.25, -0.2) is 0 Å². The molecule has 1 aliphatic carbocycles. The summed E-state index contributed by atoms with van der Waals surface area (Å²) in [6.45, 7) is 1.08. The molecule has 1 aliphatic heterocycles. The van der Waals surface area contributed by atoms with Crippen LogP contribution in [0.25, 0.3) is 0 Å². The molecule has 0 aromatic carbocycles. The van der Waals surface area contributed by atoms with Crippen LogP contribution in [-0.4, -0.2) is 36.0 Å². The van der Waals surface area contributed by atoms with E-state index in [9.17, 15) is 4.79 Å². The molecule has 2 N–H and O–H groups in total. The zero-order chi connectivity index (χ0) is 11.4. The summed E-state index contributed by atoms with van der Waals surface area (Å²) in [7, 11) is 0. The van der Waals surface area contributed by atoms with E-state index in [1.165, 1.54) is 19.3 Å². The zero-order valence-corrected chi connectivity index (χ0v) is 10.8. The maximum Gasteiger partial charge on any atom is 0.221 e. The Hall–Kier alpha value is -0.220. The topological polar surface area (TPSA) is 41.1 Å². The van der Waals surface area contributed by atoms with Gasteiger partial charge in [0.2, 0.25) is 5.91 Å². The van der Waals surface area contributed by atoms with Gasteiger partial charge < -0.3 is 10.6 Å². The fraction of sp³-hybridized carbons (Fsp3) is 0.917. The van der Waals surface area contributed by atoms with Crippen molar-refractivity contribution in [3.8, 4) is 0 Å². The molecule has 1 saturated heterocycles. The Kier molecular flexibility index (Phi) is 4.53. The number of nitrogens with one attached hydrogen (secondary N) is 2. The summed E-state index contributed by atoms with van der Waals surface area (Å²) in [5, 5.41) is 7.22. The molecule has 0 radical (unpaired) electrons. The minimum atomic E-state index is 0.241. The Labute approximate surface area is 102 Å². The average molecular weight is 242 g/mol. The maximum absolute atomic E-state index is 11.9. The van der Waals surface area contributed by atoms with Gasteiger partial charge in [0, 0.05) is 23.8 Å². The molecular formula is C12H22N2OS. The molecule has 0 spiro atoms. The molecule has 1 amide bonds. The second-order valence-corrected chi connectivity index (χ2v) is 5.95. The predicted molar refractivity (Wildman–Crippen MR) is 68.7 cm³/mol. The molecule has 4 heteroatoms. The van der Waals surface area contributed by atoms with E-state index >= 15 is 0 Å². The Morgan fingerprint density at radius 2 is 2.25 bits per heavy atom. The molecule has 3 nitrogen and oxygen atoms in total. The minimum absolute atomic E-state index is 0.241. The fourth-order valence-electron chi connectivity index (χ4n) is 2.79. The van der Waals surface area contributed by atoms with E-state index in [0.717, 1.165) is 19.4 Å². The van der Waals surface area contributed by atoms with E-state index in [1.54, 1.807) is 0 Å². The summed E-state index contributed by atoms with van der Waals surface area (Å²) < 4.78 is 0. The van der Waals surface area contributed by atoms with Crippen molar-refractivity contribution in [3.05, 3.63) is 0 Å². The first-order valence-corrected chi connectivity index (χ1v) is 7.64. The molecule has 1 heterocycles. The molecule has 0 bridgehead atoms. The molecule has 3 atom stereocenters. The van der Waals surface area contributed by atoms with Crippen LogP contribution in [0.5, 0.6) is 0 Å². The molecule has 0 aromatic rings. The van der Waals surface area contributed by atoms with E-state index in [2.05, 4.69) is 16.9 Å². The van der Waals surface area contributed by atoms with E-state index in [4.69, 9.17) is 0 Å². The predicted octanol–water partition coefficient (Wildman–Crippen LogP) is 1.53. The van der Waals surface area contributed by atoms with Gasteiger partial charge in [-0.15, -0.1) is 0 Å². The van der Waals surface area contributed by atoms with Crippen molar-refractivity contribution in [2.75, 3.05) is 12.8 Å². The van der Waals surface area contributed by atoms with Crippen molar-refractivity contribution in [2.24, 2.45) is 0 Å². The number of carbonyl (C=O) groups is 1. The van der Waals surface area contributed by atoms with Crippen molar-refractivity contribution in [2.45, 2.75) is 55.9 Å². The largest absolute Gasteiger partial charge is 0.352 e. The third-order valence-corrected chi connectivity index (χ3v) is 4.87. The highest BCUT2D eigenvalue weighted by atomic mass is 32.2. The maximum atomic E-state index is 11.9. The molecule has 16 heavy (non-hydrogen) atoms. The molecule has 0 aromatic heterocycles. The van der Waals surface area contributed by atoms with E-state index < -0.39 is 0 Å². The smallest absolute Gasteiger partial charge is 0.221 e. The van der Waals surface area contributed by atoms with Gasteiger partial charge in [-0.05, 0) is 38.5 Å². The van der Waals surface area contributed by atoms with Crippen LogP contribution in [0.4, 0.5) is 0 Å². The van der Waals surface area contributed by atoms with Gasteiger partial charge >= 0.3 is 0 Å². The lowest BCUT2D eigenvalue weighted by Gasteiger charge is -2.20. The van der Waals surface area contributed by atoms with E-state index in [-0.39, 0.29) is 5.91 Å². The number of hydrogen-bond acceptors (Lipinski definition) is 3. The van der Waals surface area contributed by atoms with E-state index in [1.807, 2.05) is 11.8 Å². The van der Waals surface area contributed by atoms with Crippen molar-refractivity contribution >= 4 is 17.7 Å².